The third-order valence-corrected chi connectivity index (χ3v) is 7.48. The Hall–Kier alpha value is -4.02. The average molecular weight is 607 g/mol. The summed E-state index contributed by atoms with van der Waals surface area (Å²) in [6, 6.07) is 12.1. The molecule has 0 saturated carbocycles. The van der Waals surface area contributed by atoms with Gasteiger partial charge in [-0.05, 0) is 42.7 Å². The monoisotopic (exact) mass is 606 g/mol. The first-order chi connectivity index (χ1) is 19.5. The van der Waals surface area contributed by atoms with E-state index >= 15 is 0 Å². The Balaban J connectivity index is 1.85. The largest absolute Gasteiger partial charge is 0.619 e. The lowest BCUT2D eigenvalue weighted by molar-refractivity contribution is -0.614. The summed E-state index contributed by atoms with van der Waals surface area (Å²) in [5.41, 5.74) is -1.05. The second-order valence-corrected chi connectivity index (χ2v) is 12.5. The maximum absolute atomic E-state index is 14.7. The molecule has 0 aliphatic rings. The third kappa shape index (κ3) is 8.99. The second kappa shape index (κ2) is 12.9. The highest BCUT2D eigenvalue weighted by Gasteiger charge is 2.44. The van der Waals surface area contributed by atoms with Crippen LogP contribution in [0.3, 0.4) is 0 Å². The molecule has 2 aromatic carbocycles. The van der Waals surface area contributed by atoms with Gasteiger partial charge in [-0.25, -0.2) is 12.8 Å². The van der Waals surface area contributed by atoms with Crippen LogP contribution in [0.5, 0.6) is 0 Å². The lowest BCUT2D eigenvalue weighted by Gasteiger charge is -2.30. The number of benzene rings is 2. The lowest BCUT2D eigenvalue weighted by Crippen LogP contribution is -2.53. The van der Waals surface area contributed by atoms with Crippen LogP contribution >= 0.6 is 0 Å². The van der Waals surface area contributed by atoms with E-state index in [1.165, 1.54) is 66.9 Å². The Morgan fingerprint density at radius 2 is 1.57 bits per heavy atom. The molecule has 3 atom stereocenters. The predicted molar refractivity (Wildman–Crippen MR) is 147 cm³/mol. The van der Waals surface area contributed by atoms with Crippen molar-refractivity contribution in [3.05, 3.63) is 89.4 Å². The fraction of sp³-hybridized carbons (Fsp3) is 0.345. The van der Waals surface area contributed by atoms with E-state index in [9.17, 15) is 41.2 Å². The molecule has 0 saturated heterocycles. The molecule has 0 aliphatic carbocycles. The van der Waals surface area contributed by atoms with Crippen LogP contribution in [0.2, 0.25) is 0 Å². The number of carbonyl (C=O) groups excluding carboxylic acids is 1. The van der Waals surface area contributed by atoms with Crippen molar-refractivity contribution in [1.29, 1.82) is 5.26 Å². The summed E-state index contributed by atoms with van der Waals surface area (Å²) < 4.78 is 81.4. The van der Waals surface area contributed by atoms with Gasteiger partial charge in [0.1, 0.15) is 17.8 Å². The van der Waals surface area contributed by atoms with Crippen LogP contribution < -0.4 is 15.4 Å². The molecule has 13 heteroatoms. The van der Waals surface area contributed by atoms with Gasteiger partial charge in [0.15, 0.2) is 21.7 Å². The molecule has 0 aliphatic heterocycles. The first-order valence-corrected chi connectivity index (χ1v) is 14.7. The molecule has 3 rings (SSSR count). The first kappa shape index (κ1) is 32.5. The van der Waals surface area contributed by atoms with E-state index in [2.05, 4.69) is 10.6 Å². The molecule has 1 aromatic heterocycles. The average Bonchev–Trinajstić information content (AvgIpc) is 2.90. The topological polar surface area (TPSA) is 126 Å². The molecule has 2 N–H and O–H groups in total. The number of nitrogens with one attached hydrogen (secondary N) is 2. The Morgan fingerprint density at radius 1 is 1.00 bits per heavy atom. The van der Waals surface area contributed by atoms with Crippen LogP contribution in [-0.2, 0) is 21.1 Å². The van der Waals surface area contributed by atoms with Crippen molar-refractivity contribution < 1.29 is 35.5 Å². The number of hydrogen-bond acceptors (Lipinski definition) is 6. The number of hydrogen-bond donors (Lipinski definition) is 2. The maximum atomic E-state index is 14.7. The van der Waals surface area contributed by atoms with E-state index in [0.717, 1.165) is 20.1 Å². The summed E-state index contributed by atoms with van der Waals surface area (Å²) in [7, 11) is -3.42. The number of amides is 1. The molecule has 3 aromatic rings. The number of halogens is 4. The van der Waals surface area contributed by atoms with Gasteiger partial charge in [-0.2, -0.15) is 23.2 Å². The molecule has 224 valence electrons. The molecule has 0 radical (unpaired) electrons. The number of alkyl halides is 4. The molecule has 8 nitrogen and oxygen atoms in total. The minimum Gasteiger partial charge on any atom is -0.619 e. The normalized spacial score (nSPS) is 14.4. The third-order valence-electron chi connectivity index (χ3n) is 6.35. The van der Waals surface area contributed by atoms with Crippen LogP contribution in [0.25, 0.3) is 11.1 Å². The highest BCUT2D eigenvalue weighted by atomic mass is 32.2. The van der Waals surface area contributed by atoms with E-state index in [1.54, 1.807) is 6.07 Å². The number of pyridine rings is 1. The van der Waals surface area contributed by atoms with Crippen molar-refractivity contribution >= 4 is 15.7 Å². The van der Waals surface area contributed by atoms with Gasteiger partial charge in [0.05, 0.1) is 23.4 Å². The zero-order chi connectivity index (χ0) is 31.3. The SMILES string of the molecule is CC(C)(F)C[C@H](N[C@@H](c1ccc(-c2ccc(S(C)(=O)=O)cc2)cc1)C(F)(F)F)C(=O)N[C@H](C#N)Cc1cccc[n+]1[O-]. The lowest BCUT2D eigenvalue weighted by atomic mass is 9.96. The summed E-state index contributed by atoms with van der Waals surface area (Å²) in [5, 5.41) is 26.0. The predicted octanol–water partition coefficient (Wildman–Crippen LogP) is 4.34. The molecule has 0 spiro atoms. The van der Waals surface area contributed by atoms with Crippen LogP contribution in [-0.4, -0.2) is 44.5 Å². The zero-order valence-electron chi connectivity index (χ0n) is 23.0. The van der Waals surface area contributed by atoms with Gasteiger partial charge in [0.2, 0.25) is 5.91 Å². The fourth-order valence-corrected chi connectivity index (χ4v) is 4.92. The van der Waals surface area contributed by atoms with E-state index in [4.69, 9.17) is 0 Å². The number of carbonyl (C=O) groups is 1. The summed E-state index contributed by atoms with van der Waals surface area (Å²) in [6.07, 6.45) is -3.48. The number of nitriles is 1. The van der Waals surface area contributed by atoms with Gasteiger partial charge in [-0.1, -0.05) is 42.5 Å². The van der Waals surface area contributed by atoms with Gasteiger partial charge < -0.3 is 10.5 Å². The van der Waals surface area contributed by atoms with Gasteiger partial charge in [-0.3, -0.25) is 10.1 Å². The van der Waals surface area contributed by atoms with Gasteiger partial charge in [0, 0.05) is 24.8 Å². The Kier molecular flexibility index (Phi) is 9.96. The molecule has 1 heterocycles. The van der Waals surface area contributed by atoms with Gasteiger partial charge >= 0.3 is 6.18 Å². The standard InChI is InChI=1S/C29H30F4N4O4S/c1-28(2,30)17-25(27(38)35-22(18-34)16-23-6-4-5-15-37(23)39)36-26(29(31,32)33)21-9-7-19(8-10-21)20-11-13-24(14-12-20)42(3,40)41/h4-15,22,25-26,36H,16-17H2,1-3H3,(H,35,38)/t22-,25-,26-/m0/s1. The summed E-state index contributed by atoms with van der Waals surface area (Å²) in [5.74, 6) is -1.03. The Morgan fingerprint density at radius 3 is 2.05 bits per heavy atom. The zero-order valence-corrected chi connectivity index (χ0v) is 23.8. The first-order valence-electron chi connectivity index (χ1n) is 12.8. The highest BCUT2D eigenvalue weighted by molar-refractivity contribution is 7.90. The van der Waals surface area contributed by atoms with E-state index in [-0.39, 0.29) is 22.6 Å². The van der Waals surface area contributed by atoms with Crippen molar-refractivity contribution in [2.45, 2.75) is 61.6 Å². The molecular formula is C29H30F4N4O4S. The number of nitrogens with zero attached hydrogens (tertiary/aromatic N) is 2. The van der Waals surface area contributed by atoms with Crippen LogP contribution in [0.4, 0.5) is 17.6 Å². The van der Waals surface area contributed by atoms with Crippen molar-refractivity contribution in [2.75, 3.05) is 6.26 Å². The molecule has 0 fully saturated rings. The molecule has 0 unspecified atom stereocenters. The smallest absolute Gasteiger partial charge is 0.407 e. The number of sulfone groups is 1. The van der Waals surface area contributed by atoms with E-state index in [0.29, 0.717) is 15.9 Å². The molecule has 1 amide bonds. The fourth-order valence-electron chi connectivity index (χ4n) is 4.29. The van der Waals surface area contributed by atoms with Crippen LogP contribution in [0.15, 0.2) is 77.8 Å². The van der Waals surface area contributed by atoms with Crippen LogP contribution in [0.1, 0.15) is 37.6 Å². The second-order valence-electron chi connectivity index (χ2n) is 10.4. The van der Waals surface area contributed by atoms with E-state index < -0.39 is 52.1 Å². The Bertz CT molecular complexity index is 1530. The van der Waals surface area contributed by atoms with Crippen molar-refractivity contribution in [3.63, 3.8) is 0 Å². The molecular weight excluding hydrogens is 576 g/mol. The number of aromatic nitrogens is 1. The van der Waals surface area contributed by atoms with Crippen molar-refractivity contribution in [2.24, 2.45) is 0 Å². The minimum absolute atomic E-state index is 0.0962. The van der Waals surface area contributed by atoms with Crippen LogP contribution in [0, 0.1) is 16.5 Å². The summed E-state index contributed by atoms with van der Waals surface area (Å²) in [4.78, 5) is 13.2. The highest BCUT2D eigenvalue weighted by Crippen LogP contribution is 2.35. The number of rotatable bonds is 11. The Labute approximate surface area is 241 Å². The van der Waals surface area contributed by atoms with Gasteiger partial charge in [0.25, 0.3) is 0 Å². The van der Waals surface area contributed by atoms with Crippen molar-refractivity contribution in [3.8, 4) is 17.2 Å². The summed E-state index contributed by atoms with van der Waals surface area (Å²) in [6.45, 7) is 2.24. The minimum atomic E-state index is -4.88. The van der Waals surface area contributed by atoms with Crippen molar-refractivity contribution in [1.82, 2.24) is 10.6 Å². The molecule has 0 bridgehead atoms. The molecule has 42 heavy (non-hydrogen) atoms. The maximum Gasteiger partial charge on any atom is 0.407 e. The quantitative estimate of drug-likeness (QED) is 0.190. The summed E-state index contributed by atoms with van der Waals surface area (Å²) >= 11 is 0. The van der Waals surface area contributed by atoms with Gasteiger partial charge in [-0.15, -0.1) is 0 Å². The van der Waals surface area contributed by atoms with E-state index in [1.807, 2.05) is 6.07 Å².